The maximum atomic E-state index is 13.3. The van der Waals surface area contributed by atoms with Crippen molar-refractivity contribution in [1.82, 2.24) is 9.66 Å². The summed E-state index contributed by atoms with van der Waals surface area (Å²) in [4.78, 5) is 4.28. The minimum Gasteiger partial charge on any atom is -0.368 e. The van der Waals surface area contributed by atoms with E-state index >= 15 is 0 Å². The highest BCUT2D eigenvalue weighted by Gasteiger charge is 2.27. The van der Waals surface area contributed by atoms with Crippen LogP contribution in [0.25, 0.3) is 11.0 Å². The fraction of sp³-hybridized carbons (Fsp3) is 0.500. The Morgan fingerprint density at radius 1 is 1.26 bits per heavy atom. The van der Waals surface area contributed by atoms with E-state index in [1.165, 1.54) is 18.6 Å². The quantitative estimate of drug-likeness (QED) is 0.859. The number of halogens is 1. The number of piperidine rings is 1. The van der Waals surface area contributed by atoms with Crippen molar-refractivity contribution in [3.63, 3.8) is 0 Å². The zero-order valence-electron chi connectivity index (χ0n) is 11.3. The summed E-state index contributed by atoms with van der Waals surface area (Å²) in [5.41, 5.74) is 7.53. The van der Waals surface area contributed by atoms with Gasteiger partial charge in [0.2, 0.25) is 5.95 Å². The Labute approximate surface area is 112 Å². The van der Waals surface area contributed by atoms with Crippen molar-refractivity contribution in [2.45, 2.75) is 45.2 Å². The molecule has 4 nitrogen and oxygen atoms in total. The molecule has 2 heterocycles. The highest BCUT2D eigenvalue weighted by molar-refractivity contribution is 5.78. The Morgan fingerprint density at radius 3 is 2.63 bits per heavy atom. The van der Waals surface area contributed by atoms with Crippen LogP contribution < -0.4 is 10.7 Å². The van der Waals surface area contributed by atoms with Gasteiger partial charge in [-0.2, -0.15) is 0 Å². The molecule has 5 heteroatoms. The fourth-order valence-corrected chi connectivity index (χ4v) is 3.10. The van der Waals surface area contributed by atoms with Crippen LogP contribution in [0.1, 0.15) is 33.1 Å². The van der Waals surface area contributed by atoms with Crippen molar-refractivity contribution < 1.29 is 4.39 Å². The van der Waals surface area contributed by atoms with E-state index in [1.54, 1.807) is 6.07 Å². The van der Waals surface area contributed by atoms with Crippen LogP contribution in [0.5, 0.6) is 0 Å². The number of nitrogens with two attached hydrogens (primary N) is 1. The molecule has 1 aliphatic rings. The number of hydrogen-bond donors (Lipinski definition) is 1. The average Bonchev–Trinajstić information content (AvgIpc) is 2.65. The third-order valence-electron chi connectivity index (χ3n) is 4.00. The first-order valence-corrected chi connectivity index (χ1v) is 6.80. The predicted molar refractivity (Wildman–Crippen MR) is 75.1 cm³/mol. The number of nitrogen functional groups attached to an aromatic ring is 1. The lowest BCUT2D eigenvalue weighted by atomic mass is 10.00. The number of aromatic nitrogens is 2. The lowest BCUT2D eigenvalue weighted by molar-refractivity contribution is 0.343. The number of benzene rings is 1. The zero-order chi connectivity index (χ0) is 13.6. The SMILES string of the molecule is CC1CCCC(C)N1n1c(N)nc2cc(F)ccc21. The van der Waals surface area contributed by atoms with Crippen LogP contribution in [0.2, 0.25) is 0 Å². The number of anilines is 1. The van der Waals surface area contributed by atoms with Crippen LogP contribution in [0.15, 0.2) is 18.2 Å². The van der Waals surface area contributed by atoms with E-state index in [2.05, 4.69) is 23.8 Å². The summed E-state index contributed by atoms with van der Waals surface area (Å²) in [6, 6.07) is 5.46. The molecule has 0 aliphatic carbocycles. The third kappa shape index (κ3) is 1.93. The minimum atomic E-state index is -0.281. The van der Waals surface area contributed by atoms with Gasteiger partial charge in [-0.1, -0.05) is 0 Å². The maximum absolute atomic E-state index is 13.3. The van der Waals surface area contributed by atoms with E-state index in [9.17, 15) is 4.39 Å². The highest BCUT2D eigenvalue weighted by atomic mass is 19.1. The molecule has 0 bridgehead atoms. The van der Waals surface area contributed by atoms with E-state index in [1.807, 2.05) is 4.68 Å². The first-order valence-electron chi connectivity index (χ1n) is 6.80. The predicted octanol–water partition coefficient (Wildman–Crippen LogP) is 2.66. The minimum absolute atomic E-state index is 0.281. The fourth-order valence-electron chi connectivity index (χ4n) is 3.10. The van der Waals surface area contributed by atoms with Crippen molar-refractivity contribution in [1.29, 1.82) is 0 Å². The molecule has 0 saturated carbocycles. The smallest absolute Gasteiger partial charge is 0.220 e. The first-order chi connectivity index (χ1) is 9.08. The van der Waals surface area contributed by atoms with Gasteiger partial charge in [0.1, 0.15) is 5.82 Å². The summed E-state index contributed by atoms with van der Waals surface area (Å²) >= 11 is 0. The van der Waals surface area contributed by atoms with Gasteiger partial charge in [-0.3, -0.25) is 0 Å². The van der Waals surface area contributed by atoms with Gasteiger partial charge in [0.25, 0.3) is 0 Å². The molecule has 1 aliphatic heterocycles. The molecule has 0 radical (unpaired) electrons. The summed E-state index contributed by atoms with van der Waals surface area (Å²) in [5.74, 6) is 0.151. The Bertz CT molecular complexity index is 597. The Kier molecular flexibility index (Phi) is 2.84. The standard InChI is InChI=1S/C14H19FN4/c1-9-4-3-5-10(2)18(9)19-13-7-6-11(15)8-12(13)17-14(19)16/h6-10H,3-5H2,1-2H3,(H2,16,17). The van der Waals surface area contributed by atoms with Crippen molar-refractivity contribution in [3.05, 3.63) is 24.0 Å². The van der Waals surface area contributed by atoms with Crippen molar-refractivity contribution in [3.8, 4) is 0 Å². The molecule has 102 valence electrons. The molecule has 1 saturated heterocycles. The normalized spacial score (nSPS) is 24.1. The molecule has 19 heavy (non-hydrogen) atoms. The summed E-state index contributed by atoms with van der Waals surface area (Å²) in [5, 5.41) is 2.27. The van der Waals surface area contributed by atoms with Crippen molar-refractivity contribution in [2.75, 3.05) is 10.7 Å². The topological polar surface area (TPSA) is 47.1 Å². The van der Waals surface area contributed by atoms with Gasteiger partial charge in [0.15, 0.2) is 0 Å². The van der Waals surface area contributed by atoms with Crippen LogP contribution in [0, 0.1) is 5.82 Å². The second-order valence-electron chi connectivity index (χ2n) is 5.42. The molecule has 1 fully saturated rings. The zero-order valence-corrected chi connectivity index (χ0v) is 11.3. The van der Waals surface area contributed by atoms with E-state index < -0.39 is 0 Å². The van der Waals surface area contributed by atoms with Crippen molar-refractivity contribution in [2.24, 2.45) is 0 Å². The van der Waals surface area contributed by atoms with Gasteiger partial charge in [-0.15, -0.1) is 0 Å². The van der Waals surface area contributed by atoms with Crippen LogP contribution in [-0.4, -0.2) is 21.7 Å². The molecule has 1 aromatic carbocycles. The summed E-state index contributed by atoms with van der Waals surface area (Å²) in [6.07, 6.45) is 3.52. The molecule has 2 aromatic rings. The van der Waals surface area contributed by atoms with Crippen LogP contribution in [-0.2, 0) is 0 Å². The van der Waals surface area contributed by atoms with Crippen LogP contribution in [0.3, 0.4) is 0 Å². The molecule has 0 spiro atoms. The third-order valence-corrected chi connectivity index (χ3v) is 4.00. The van der Waals surface area contributed by atoms with E-state index in [0.29, 0.717) is 23.5 Å². The van der Waals surface area contributed by atoms with Gasteiger partial charge in [-0.05, 0) is 45.2 Å². The maximum Gasteiger partial charge on any atom is 0.220 e. The summed E-state index contributed by atoms with van der Waals surface area (Å²) in [6.45, 7) is 4.40. The van der Waals surface area contributed by atoms with Gasteiger partial charge < -0.3 is 10.7 Å². The molecular weight excluding hydrogens is 243 g/mol. The molecule has 2 atom stereocenters. The van der Waals surface area contributed by atoms with Gasteiger partial charge in [0.05, 0.1) is 11.0 Å². The molecule has 2 unspecified atom stereocenters. The number of imidazole rings is 1. The number of hydrogen-bond acceptors (Lipinski definition) is 3. The Morgan fingerprint density at radius 2 is 1.95 bits per heavy atom. The van der Waals surface area contributed by atoms with E-state index in [-0.39, 0.29) is 5.82 Å². The largest absolute Gasteiger partial charge is 0.368 e. The van der Waals surface area contributed by atoms with E-state index in [4.69, 9.17) is 5.73 Å². The van der Waals surface area contributed by atoms with E-state index in [0.717, 1.165) is 18.4 Å². The van der Waals surface area contributed by atoms with Gasteiger partial charge >= 0.3 is 0 Å². The highest BCUT2D eigenvalue weighted by Crippen LogP contribution is 2.27. The Balaban J connectivity index is 2.15. The molecule has 1 aromatic heterocycles. The number of nitrogens with zero attached hydrogens (tertiary/aromatic N) is 3. The second-order valence-corrected chi connectivity index (χ2v) is 5.42. The number of rotatable bonds is 1. The van der Waals surface area contributed by atoms with Crippen LogP contribution >= 0.6 is 0 Å². The van der Waals surface area contributed by atoms with Gasteiger partial charge in [-0.25, -0.2) is 14.1 Å². The van der Waals surface area contributed by atoms with Crippen LogP contribution in [0.4, 0.5) is 10.3 Å². The molecule has 2 N–H and O–H groups in total. The lowest BCUT2D eigenvalue weighted by Crippen LogP contribution is -2.51. The number of fused-ring (bicyclic) bond motifs is 1. The van der Waals surface area contributed by atoms with Crippen molar-refractivity contribution >= 4 is 17.0 Å². The van der Waals surface area contributed by atoms with Gasteiger partial charge in [0, 0.05) is 18.2 Å². The lowest BCUT2D eigenvalue weighted by Gasteiger charge is -2.41. The Hall–Kier alpha value is -1.78. The second kappa shape index (κ2) is 4.40. The summed E-state index contributed by atoms with van der Waals surface area (Å²) in [7, 11) is 0. The molecule has 3 rings (SSSR count). The average molecular weight is 262 g/mol. The molecule has 0 amide bonds. The summed E-state index contributed by atoms with van der Waals surface area (Å²) < 4.78 is 15.2. The monoisotopic (exact) mass is 262 g/mol. The molecular formula is C14H19FN4. The first kappa shape index (κ1) is 12.3.